The fourth-order valence-electron chi connectivity index (χ4n) is 2.50. The Morgan fingerprint density at radius 1 is 1.28 bits per heavy atom. The summed E-state index contributed by atoms with van der Waals surface area (Å²) in [6, 6.07) is 15.0. The van der Waals surface area contributed by atoms with Crippen molar-refractivity contribution in [1.29, 1.82) is 5.26 Å². The molecule has 0 bridgehead atoms. The number of nitrogens with one attached hydrogen (secondary N) is 1. The second kappa shape index (κ2) is 6.97. The van der Waals surface area contributed by atoms with Gasteiger partial charge in [-0.1, -0.05) is 12.1 Å². The van der Waals surface area contributed by atoms with Crippen LogP contribution in [-0.2, 0) is 6.54 Å². The summed E-state index contributed by atoms with van der Waals surface area (Å²) >= 11 is 0. The summed E-state index contributed by atoms with van der Waals surface area (Å²) in [5, 5.41) is 15.9. The molecule has 3 rings (SSSR count). The van der Waals surface area contributed by atoms with E-state index in [0.717, 1.165) is 5.56 Å². The highest BCUT2D eigenvalue weighted by atomic mass is 19.1. The number of nitriles is 1. The van der Waals surface area contributed by atoms with Gasteiger partial charge in [0.1, 0.15) is 5.82 Å². The van der Waals surface area contributed by atoms with Crippen molar-refractivity contribution in [3.8, 4) is 11.8 Å². The van der Waals surface area contributed by atoms with Crippen molar-refractivity contribution in [3.05, 3.63) is 82.9 Å². The van der Waals surface area contributed by atoms with Gasteiger partial charge in [-0.25, -0.2) is 9.07 Å². The first-order valence-corrected chi connectivity index (χ1v) is 7.66. The second-order valence-electron chi connectivity index (χ2n) is 5.53. The summed E-state index contributed by atoms with van der Waals surface area (Å²) in [7, 11) is 0. The average molecular weight is 334 g/mol. The van der Waals surface area contributed by atoms with Crippen LogP contribution in [0.5, 0.6) is 0 Å². The van der Waals surface area contributed by atoms with Gasteiger partial charge in [0.2, 0.25) is 0 Å². The smallest absolute Gasteiger partial charge is 0.255 e. The molecule has 5 nitrogen and oxygen atoms in total. The Balaban J connectivity index is 1.74. The minimum Gasteiger partial charge on any atom is -0.348 e. The number of amides is 1. The van der Waals surface area contributed by atoms with E-state index in [1.807, 2.05) is 6.07 Å². The van der Waals surface area contributed by atoms with E-state index in [1.54, 1.807) is 41.9 Å². The van der Waals surface area contributed by atoms with Crippen LogP contribution in [0.4, 0.5) is 4.39 Å². The van der Waals surface area contributed by atoms with Gasteiger partial charge in [-0.2, -0.15) is 10.4 Å². The number of halogens is 1. The molecule has 0 aliphatic heterocycles. The highest BCUT2D eigenvalue weighted by Gasteiger charge is 2.15. The molecule has 0 saturated carbocycles. The van der Waals surface area contributed by atoms with Gasteiger partial charge in [0.15, 0.2) is 0 Å². The van der Waals surface area contributed by atoms with Crippen LogP contribution in [0.15, 0.2) is 54.7 Å². The lowest BCUT2D eigenvalue weighted by Gasteiger charge is -2.07. The lowest BCUT2D eigenvalue weighted by Crippen LogP contribution is -2.23. The average Bonchev–Trinajstić information content (AvgIpc) is 3.02. The van der Waals surface area contributed by atoms with Gasteiger partial charge < -0.3 is 5.32 Å². The van der Waals surface area contributed by atoms with Crippen LogP contribution >= 0.6 is 0 Å². The van der Waals surface area contributed by atoms with Crippen LogP contribution in [0.3, 0.4) is 0 Å². The van der Waals surface area contributed by atoms with Crippen molar-refractivity contribution in [3.63, 3.8) is 0 Å². The van der Waals surface area contributed by atoms with E-state index in [9.17, 15) is 9.18 Å². The van der Waals surface area contributed by atoms with Crippen molar-refractivity contribution in [2.75, 3.05) is 0 Å². The lowest BCUT2D eigenvalue weighted by atomic mass is 10.1. The third-order valence-electron chi connectivity index (χ3n) is 3.83. The Morgan fingerprint density at radius 3 is 2.76 bits per heavy atom. The lowest BCUT2D eigenvalue weighted by molar-refractivity contribution is 0.0950. The van der Waals surface area contributed by atoms with E-state index in [1.165, 1.54) is 18.3 Å². The van der Waals surface area contributed by atoms with Crippen LogP contribution < -0.4 is 5.32 Å². The minimum absolute atomic E-state index is 0.256. The summed E-state index contributed by atoms with van der Waals surface area (Å²) in [4.78, 5) is 12.4. The molecule has 0 aliphatic rings. The molecule has 1 aromatic heterocycles. The Morgan fingerprint density at radius 2 is 2.04 bits per heavy atom. The van der Waals surface area contributed by atoms with Gasteiger partial charge in [0, 0.05) is 6.54 Å². The van der Waals surface area contributed by atoms with Gasteiger partial charge in [0.25, 0.3) is 5.91 Å². The minimum atomic E-state index is -0.328. The number of nitrogens with zero attached hydrogens (tertiary/aromatic N) is 3. The van der Waals surface area contributed by atoms with Gasteiger partial charge in [-0.05, 0) is 48.9 Å². The summed E-state index contributed by atoms with van der Waals surface area (Å²) in [6.45, 7) is 2.09. The Labute approximate surface area is 144 Å². The number of rotatable bonds is 4. The molecule has 0 atom stereocenters. The van der Waals surface area contributed by atoms with E-state index in [2.05, 4.69) is 16.5 Å². The third kappa shape index (κ3) is 3.56. The molecule has 3 aromatic rings. The molecule has 1 heterocycles. The molecule has 0 aliphatic carbocycles. The van der Waals surface area contributed by atoms with Crippen molar-refractivity contribution in [2.45, 2.75) is 13.5 Å². The first-order chi connectivity index (χ1) is 12.1. The zero-order chi connectivity index (χ0) is 17.8. The standard InChI is InChI=1S/C19H15FN4O/c1-13-18(12-23-24(13)17-7-5-16(20)6-8-17)19(25)22-11-15-4-2-3-14(9-15)10-21/h2-9,12H,11H2,1H3,(H,22,25). The monoisotopic (exact) mass is 334 g/mol. The summed E-state index contributed by atoms with van der Waals surface area (Å²) in [5.74, 6) is -0.584. The van der Waals surface area contributed by atoms with Crippen LogP contribution in [0.25, 0.3) is 5.69 Å². The molecule has 0 fully saturated rings. The fraction of sp³-hybridized carbons (Fsp3) is 0.105. The van der Waals surface area contributed by atoms with E-state index in [-0.39, 0.29) is 11.7 Å². The van der Waals surface area contributed by atoms with Crippen LogP contribution in [-0.4, -0.2) is 15.7 Å². The first-order valence-electron chi connectivity index (χ1n) is 7.66. The quantitative estimate of drug-likeness (QED) is 0.797. The van der Waals surface area contributed by atoms with Gasteiger partial charge in [-0.15, -0.1) is 0 Å². The third-order valence-corrected chi connectivity index (χ3v) is 3.83. The highest BCUT2D eigenvalue weighted by molar-refractivity contribution is 5.95. The molecular formula is C19H15FN4O. The number of benzene rings is 2. The maximum Gasteiger partial charge on any atom is 0.255 e. The zero-order valence-electron chi connectivity index (χ0n) is 13.5. The molecule has 25 heavy (non-hydrogen) atoms. The predicted octanol–water partition coefficient (Wildman–Crippen LogP) is 3.12. The molecule has 124 valence electrons. The number of hydrogen-bond donors (Lipinski definition) is 1. The Bertz CT molecular complexity index is 954. The first kappa shape index (κ1) is 16.4. The molecule has 6 heteroatoms. The normalized spacial score (nSPS) is 10.3. The van der Waals surface area contributed by atoms with E-state index < -0.39 is 0 Å². The van der Waals surface area contributed by atoms with Crippen LogP contribution in [0.1, 0.15) is 27.2 Å². The number of aromatic nitrogens is 2. The molecule has 0 spiro atoms. The Hall–Kier alpha value is -3.46. The molecule has 1 amide bonds. The van der Waals surface area contributed by atoms with Crippen LogP contribution in [0, 0.1) is 24.1 Å². The topological polar surface area (TPSA) is 70.7 Å². The molecule has 0 saturated heterocycles. The summed E-state index contributed by atoms with van der Waals surface area (Å²) < 4.78 is 14.6. The molecule has 2 aromatic carbocycles. The summed E-state index contributed by atoms with van der Waals surface area (Å²) in [6.07, 6.45) is 1.49. The van der Waals surface area contributed by atoms with Crippen molar-refractivity contribution in [1.82, 2.24) is 15.1 Å². The van der Waals surface area contributed by atoms with E-state index in [0.29, 0.717) is 29.1 Å². The Kier molecular flexibility index (Phi) is 4.57. The van der Waals surface area contributed by atoms with Gasteiger partial charge >= 0.3 is 0 Å². The SMILES string of the molecule is Cc1c(C(=O)NCc2cccc(C#N)c2)cnn1-c1ccc(F)cc1. The molecule has 0 radical (unpaired) electrons. The van der Waals surface area contributed by atoms with Crippen molar-refractivity contribution < 1.29 is 9.18 Å². The highest BCUT2D eigenvalue weighted by Crippen LogP contribution is 2.15. The number of hydrogen-bond acceptors (Lipinski definition) is 3. The van der Waals surface area contributed by atoms with Gasteiger partial charge in [0.05, 0.1) is 34.8 Å². The van der Waals surface area contributed by atoms with E-state index >= 15 is 0 Å². The van der Waals surface area contributed by atoms with Crippen molar-refractivity contribution >= 4 is 5.91 Å². The maximum absolute atomic E-state index is 13.0. The van der Waals surface area contributed by atoms with Crippen LogP contribution in [0.2, 0.25) is 0 Å². The number of carbonyl (C=O) groups excluding carboxylic acids is 1. The largest absolute Gasteiger partial charge is 0.348 e. The zero-order valence-corrected chi connectivity index (χ0v) is 13.5. The predicted molar refractivity (Wildman–Crippen MR) is 90.6 cm³/mol. The van der Waals surface area contributed by atoms with Crippen molar-refractivity contribution in [2.24, 2.45) is 0 Å². The molecular weight excluding hydrogens is 319 g/mol. The van der Waals surface area contributed by atoms with E-state index in [4.69, 9.17) is 5.26 Å². The molecule has 0 unspecified atom stereocenters. The maximum atomic E-state index is 13.0. The molecule has 1 N–H and O–H groups in total. The van der Waals surface area contributed by atoms with Gasteiger partial charge in [-0.3, -0.25) is 4.79 Å². The fourth-order valence-corrected chi connectivity index (χ4v) is 2.50. The summed E-state index contributed by atoms with van der Waals surface area (Å²) in [5.41, 5.74) is 3.18. The number of carbonyl (C=O) groups is 1. The second-order valence-corrected chi connectivity index (χ2v) is 5.53.